The number of anilines is 1. The lowest BCUT2D eigenvalue weighted by Crippen LogP contribution is -2.49. The fraction of sp³-hybridized carbons (Fsp3) is 0.500. The molecule has 1 aromatic heterocycles. The maximum atomic E-state index is 13.8. The van der Waals surface area contributed by atoms with Crippen LogP contribution in [0.1, 0.15) is 72.2 Å². The van der Waals surface area contributed by atoms with Crippen molar-refractivity contribution >= 4 is 34.9 Å². The monoisotopic (exact) mass is 503 g/mol. The number of nitrogens with zero attached hydrogens (tertiary/aromatic N) is 2. The fourth-order valence-electron chi connectivity index (χ4n) is 3.75. The molecule has 3 amide bonds. The first-order valence-corrected chi connectivity index (χ1v) is 12.5. The quantitative estimate of drug-likeness (QED) is 0.403. The van der Waals surface area contributed by atoms with E-state index in [1.807, 2.05) is 13.0 Å². The smallest absolute Gasteiger partial charge is 0.270 e. The molecule has 35 heavy (non-hydrogen) atoms. The average Bonchev–Trinajstić information content (AvgIpc) is 3.43. The highest BCUT2D eigenvalue weighted by Crippen LogP contribution is 2.34. The predicted octanol–water partition coefficient (Wildman–Crippen LogP) is 2.92. The van der Waals surface area contributed by atoms with Gasteiger partial charge in [-0.3, -0.25) is 14.4 Å². The molecule has 3 rings (SSSR count). The Morgan fingerprint density at radius 1 is 1.20 bits per heavy atom. The van der Waals surface area contributed by atoms with E-state index in [0.717, 1.165) is 36.4 Å². The van der Waals surface area contributed by atoms with Gasteiger partial charge >= 0.3 is 0 Å². The minimum absolute atomic E-state index is 0.0716. The molecule has 5 N–H and O–H groups in total. The second-order valence-electron chi connectivity index (χ2n) is 8.89. The van der Waals surface area contributed by atoms with Crippen molar-refractivity contribution in [2.75, 3.05) is 19.1 Å². The van der Waals surface area contributed by atoms with Crippen molar-refractivity contribution in [1.29, 1.82) is 0 Å². The maximum Gasteiger partial charge on any atom is 0.270 e. The van der Waals surface area contributed by atoms with Gasteiger partial charge < -0.3 is 31.2 Å². The summed E-state index contributed by atoms with van der Waals surface area (Å²) in [7, 11) is 0. The van der Waals surface area contributed by atoms with Crippen molar-refractivity contribution in [2.24, 2.45) is 11.7 Å². The van der Waals surface area contributed by atoms with Crippen LogP contribution in [0.25, 0.3) is 0 Å². The van der Waals surface area contributed by atoms with E-state index in [4.69, 9.17) is 20.9 Å². The highest BCUT2D eigenvalue weighted by molar-refractivity contribution is 7.09. The summed E-state index contributed by atoms with van der Waals surface area (Å²) in [6.07, 6.45) is 2.90. The normalized spacial score (nSPS) is 13.0. The van der Waals surface area contributed by atoms with Gasteiger partial charge in [0.25, 0.3) is 11.8 Å². The third kappa shape index (κ3) is 6.41. The van der Waals surface area contributed by atoms with Gasteiger partial charge in [0.15, 0.2) is 17.2 Å². The molecule has 11 heteroatoms. The Balaban J connectivity index is 1.95. The number of nitrogen functional groups attached to an aromatic ring is 1. The molecular weight excluding hydrogens is 470 g/mol. The van der Waals surface area contributed by atoms with Gasteiger partial charge in [-0.25, -0.2) is 0 Å². The zero-order valence-electron chi connectivity index (χ0n) is 20.3. The van der Waals surface area contributed by atoms with Gasteiger partial charge in [-0.15, -0.1) is 0 Å². The summed E-state index contributed by atoms with van der Waals surface area (Å²) in [6, 6.07) is 4.65. The van der Waals surface area contributed by atoms with Gasteiger partial charge in [0.05, 0.1) is 5.69 Å². The molecule has 1 aromatic carbocycles. The van der Waals surface area contributed by atoms with Crippen molar-refractivity contribution in [3.05, 3.63) is 34.3 Å². The molecule has 0 unspecified atom stereocenters. The number of carbonyl (C=O) groups excluding carboxylic acids is 3. The minimum Gasteiger partial charge on any atom is -0.454 e. The minimum atomic E-state index is -0.811. The molecule has 0 saturated carbocycles. The number of primary amides is 1. The van der Waals surface area contributed by atoms with Crippen molar-refractivity contribution in [3.63, 3.8) is 0 Å². The molecule has 0 saturated heterocycles. The van der Waals surface area contributed by atoms with E-state index in [2.05, 4.69) is 23.5 Å². The molecule has 0 radical (unpaired) electrons. The summed E-state index contributed by atoms with van der Waals surface area (Å²) in [6.45, 7) is 6.96. The second-order valence-corrected chi connectivity index (χ2v) is 9.66. The van der Waals surface area contributed by atoms with Gasteiger partial charge in [-0.1, -0.05) is 39.7 Å². The number of hydrogen-bond acceptors (Lipinski definition) is 8. The number of benzene rings is 1. The predicted molar refractivity (Wildman–Crippen MR) is 133 cm³/mol. The van der Waals surface area contributed by atoms with Crippen LogP contribution in [0, 0.1) is 5.92 Å². The summed E-state index contributed by atoms with van der Waals surface area (Å²) >= 11 is 0.803. The molecular formula is C24H33N5O5S. The van der Waals surface area contributed by atoms with Crippen LogP contribution >= 0.6 is 11.5 Å². The van der Waals surface area contributed by atoms with E-state index in [0.29, 0.717) is 30.4 Å². The Morgan fingerprint density at radius 3 is 2.60 bits per heavy atom. The van der Waals surface area contributed by atoms with Crippen LogP contribution in [0.4, 0.5) is 5.69 Å². The number of aromatic nitrogens is 1. The number of hydrogen-bond donors (Lipinski definition) is 3. The molecule has 2 heterocycles. The van der Waals surface area contributed by atoms with Gasteiger partial charge in [-0.2, -0.15) is 4.37 Å². The summed E-state index contributed by atoms with van der Waals surface area (Å²) in [5.74, 6) is 0.110. The van der Waals surface area contributed by atoms with Crippen LogP contribution in [-0.2, 0) is 11.3 Å². The van der Waals surface area contributed by atoms with E-state index in [1.165, 1.54) is 4.90 Å². The first kappa shape index (κ1) is 26.3. The van der Waals surface area contributed by atoms with Gasteiger partial charge in [0, 0.05) is 13.1 Å². The number of carbonyl (C=O) groups is 3. The molecule has 1 aliphatic heterocycles. The Bertz CT molecular complexity index is 1070. The third-order valence-electron chi connectivity index (χ3n) is 5.74. The zero-order valence-corrected chi connectivity index (χ0v) is 21.2. The van der Waals surface area contributed by atoms with Crippen molar-refractivity contribution in [3.8, 4) is 11.5 Å². The number of nitrogens with two attached hydrogens (primary N) is 2. The van der Waals surface area contributed by atoms with E-state index in [1.54, 1.807) is 12.1 Å². The Morgan fingerprint density at radius 2 is 1.94 bits per heavy atom. The molecule has 190 valence electrons. The molecule has 0 bridgehead atoms. The lowest BCUT2D eigenvalue weighted by Gasteiger charge is -2.31. The molecule has 10 nitrogen and oxygen atoms in total. The number of nitrogens with one attached hydrogen (secondary N) is 1. The zero-order chi connectivity index (χ0) is 25.5. The van der Waals surface area contributed by atoms with Gasteiger partial charge in [0.2, 0.25) is 12.7 Å². The molecule has 0 aliphatic carbocycles. The van der Waals surface area contributed by atoms with Crippen molar-refractivity contribution in [1.82, 2.24) is 14.6 Å². The van der Waals surface area contributed by atoms with E-state index >= 15 is 0 Å². The number of unbranched alkanes of at least 4 members (excludes halogenated alkanes) is 1. The Labute approximate surface area is 209 Å². The largest absolute Gasteiger partial charge is 0.454 e. The van der Waals surface area contributed by atoms with Gasteiger partial charge in [-0.05, 0) is 48.0 Å². The van der Waals surface area contributed by atoms with Crippen LogP contribution in [0.3, 0.4) is 0 Å². The summed E-state index contributed by atoms with van der Waals surface area (Å²) in [4.78, 5) is 40.3. The fourth-order valence-corrected chi connectivity index (χ4v) is 4.51. The number of fused-ring (bicyclic) bond motifs is 1. The van der Waals surface area contributed by atoms with E-state index < -0.39 is 17.9 Å². The summed E-state index contributed by atoms with van der Waals surface area (Å²) < 4.78 is 14.8. The maximum absolute atomic E-state index is 13.8. The molecule has 1 aliphatic rings. The molecule has 0 spiro atoms. The lowest BCUT2D eigenvalue weighted by atomic mass is 10.0. The summed E-state index contributed by atoms with van der Waals surface area (Å²) in [5, 5.41) is 2.98. The highest BCUT2D eigenvalue weighted by Gasteiger charge is 2.33. The third-order valence-corrected chi connectivity index (χ3v) is 6.59. The number of amides is 3. The van der Waals surface area contributed by atoms with E-state index in [9.17, 15) is 14.4 Å². The highest BCUT2D eigenvalue weighted by atomic mass is 32.1. The van der Waals surface area contributed by atoms with Gasteiger partial charge in [0.1, 0.15) is 10.9 Å². The molecule has 1 atom stereocenters. The molecule has 2 aromatic rings. The average molecular weight is 504 g/mol. The van der Waals surface area contributed by atoms with Crippen LogP contribution < -0.4 is 26.3 Å². The first-order valence-electron chi connectivity index (χ1n) is 11.7. The standard InChI is InChI=1S/C24H33N5O5S/c1-4-5-6-16(23(31)27-10-9-14(2)3)29(12-15-7-8-17-18(11-15)34-13-33-17)24(32)21-19(25)20(22(26)30)28-35-21/h7-8,11,14,16H,4-6,9-10,12-13,25H2,1-3H3,(H2,26,30)(H,27,31)/t16-/m0/s1. The topological polar surface area (TPSA) is 150 Å². The summed E-state index contributed by atoms with van der Waals surface area (Å²) in [5.41, 5.74) is 11.9. The number of ether oxygens (including phenoxy) is 2. The van der Waals surface area contributed by atoms with Crippen LogP contribution in [0.5, 0.6) is 11.5 Å². The van der Waals surface area contributed by atoms with Crippen molar-refractivity contribution in [2.45, 2.75) is 59.0 Å². The van der Waals surface area contributed by atoms with Crippen molar-refractivity contribution < 1.29 is 23.9 Å². The first-order chi connectivity index (χ1) is 16.7. The SMILES string of the molecule is CCCC[C@@H](C(=O)NCCC(C)C)N(Cc1ccc2c(c1)OCO2)C(=O)c1snc(C(N)=O)c1N. The van der Waals surface area contributed by atoms with E-state index in [-0.39, 0.29) is 35.5 Å². The lowest BCUT2D eigenvalue weighted by molar-refractivity contribution is -0.126. The molecule has 0 fully saturated rings. The number of rotatable bonds is 12. The van der Waals surface area contributed by atoms with Crippen LogP contribution in [-0.4, -0.2) is 46.4 Å². The Kier molecular flexibility index (Phi) is 8.91. The Hall–Kier alpha value is -3.34. The second kappa shape index (κ2) is 11.9. The van der Waals surface area contributed by atoms with Crippen LogP contribution in [0.2, 0.25) is 0 Å². The van der Waals surface area contributed by atoms with Crippen LogP contribution in [0.15, 0.2) is 18.2 Å².